The van der Waals surface area contributed by atoms with Gasteiger partial charge in [0, 0.05) is 29.9 Å². The number of benzene rings is 1. The lowest BCUT2D eigenvalue weighted by atomic mass is 9.88. The molecule has 1 aliphatic heterocycles. The molecular formula is C25H30FN5O3. The van der Waals surface area contributed by atoms with Gasteiger partial charge in [0.1, 0.15) is 17.2 Å². The number of hydrogen-bond donors (Lipinski definition) is 1. The third-order valence-corrected chi connectivity index (χ3v) is 6.78. The first kappa shape index (κ1) is 22.4. The number of aryl methyl sites for hydroxylation is 2. The van der Waals surface area contributed by atoms with Gasteiger partial charge in [-0.05, 0) is 77.6 Å². The Morgan fingerprint density at radius 1 is 1.24 bits per heavy atom. The van der Waals surface area contributed by atoms with Crippen LogP contribution in [0.25, 0.3) is 11.5 Å². The number of imidazole rings is 1. The molecule has 1 fully saturated rings. The van der Waals surface area contributed by atoms with Crippen molar-refractivity contribution >= 4 is 6.09 Å². The number of carbonyl (C=O) groups is 1. The SMILES string of the molecule is Cc1cc(-n2nc3c(c2-n2cc[nH]c2=O)[C@H](C)N(C(=O)OC(C)(C)C)CC32CC2)cc(C)c1F. The average molecular weight is 468 g/mol. The van der Waals surface area contributed by atoms with Gasteiger partial charge in [0.25, 0.3) is 0 Å². The monoisotopic (exact) mass is 467 g/mol. The fourth-order valence-corrected chi connectivity index (χ4v) is 4.92. The van der Waals surface area contributed by atoms with Crippen LogP contribution in [0.4, 0.5) is 9.18 Å². The number of fused-ring (bicyclic) bond motifs is 2. The highest BCUT2D eigenvalue weighted by atomic mass is 19.1. The van der Waals surface area contributed by atoms with Gasteiger partial charge >= 0.3 is 11.8 Å². The van der Waals surface area contributed by atoms with E-state index in [-0.39, 0.29) is 29.1 Å². The number of nitrogens with one attached hydrogen (secondary N) is 1. The van der Waals surface area contributed by atoms with E-state index in [1.54, 1.807) is 48.0 Å². The summed E-state index contributed by atoms with van der Waals surface area (Å²) < 4.78 is 23.4. The standard InChI is InChI=1S/C25H30FN5O3/c1-14-11-17(12-15(2)19(14)26)31-21(29-10-9-27-22(29)32)18-16(3)30(23(33)34-24(4,5)6)13-25(7-8-25)20(18)28-31/h9-12,16H,7-8,13H2,1-6H3,(H,27,32)/t16-/m0/s1. The summed E-state index contributed by atoms with van der Waals surface area (Å²) in [5.41, 5.74) is 2.16. The lowest BCUT2D eigenvalue weighted by Gasteiger charge is -2.38. The zero-order chi connectivity index (χ0) is 24.6. The summed E-state index contributed by atoms with van der Waals surface area (Å²) in [5, 5.41) is 5.01. The molecule has 2 aromatic heterocycles. The van der Waals surface area contributed by atoms with Gasteiger partial charge in [-0.25, -0.2) is 18.7 Å². The Hall–Kier alpha value is -3.36. The highest BCUT2D eigenvalue weighted by Gasteiger charge is 2.56. The Morgan fingerprint density at radius 2 is 1.88 bits per heavy atom. The first-order valence-electron chi connectivity index (χ1n) is 11.6. The van der Waals surface area contributed by atoms with Gasteiger partial charge in [-0.1, -0.05) is 0 Å². The van der Waals surface area contributed by atoms with Crippen molar-refractivity contribution in [3.63, 3.8) is 0 Å². The zero-order valence-corrected chi connectivity index (χ0v) is 20.4. The van der Waals surface area contributed by atoms with Gasteiger partial charge in [-0.2, -0.15) is 5.10 Å². The number of amides is 1. The minimum absolute atomic E-state index is 0.260. The minimum atomic E-state index is -0.623. The second kappa shape index (κ2) is 7.32. The van der Waals surface area contributed by atoms with Crippen LogP contribution in [0.2, 0.25) is 0 Å². The molecule has 1 N–H and O–H groups in total. The van der Waals surface area contributed by atoms with Crippen molar-refractivity contribution in [1.82, 2.24) is 24.2 Å². The second-order valence-corrected chi connectivity index (χ2v) is 10.6. The van der Waals surface area contributed by atoms with Crippen LogP contribution in [0.15, 0.2) is 29.3 Å². The number of nitrogens with zero attached hydrogens (tertiary/aromatic N) is 4. The van der Waals surface area contributed by atoms with E-state index in [9.17, 15) is 14.0 Å². The normalized spacial score (nSPS) is 18.8. The Kier molecular flexibility index (Phi) is 4.83. The van der Waals surface area contributed by atoms with Crippen LogP contribution in [0.5, 0.6) is 0 Å². The Labute approximate surface area is 197 Å². The summed E-state index contributed by atoms with van der Waals surface area (Å²) in [7, 11) is 0. The number of ether oxygens (including phenoxy) is 1. The van der Waals surface area contributed by atoms with Crippen molar-refractivity contribution < 1.29 is 13.9 Å². The van der Waals surface area contributed by atoms with Crippen molar-refractivity contribution in [2.24, 2.45) is 0 Å². The maximum Gasteiger partial charge on any atom is 0.410 e. The molecule has 1 atom stereocenters. The average Bonchev–Trinajstić information content (AvgIpc) is 3.19. The molecule has 0 radical (unpaired) electrons. The van der Waals surface area contributed by atoms with E-state index in [2.05, 4.69) is 4.98 Å². The number of aromatic nitrogens is 4. The van der Waals surface area contributed by atoms with Crippen LogP contribution in [0.1, 0.15) is 69.0 Å². The maximum absolute atomic E-state index is 14.4. The number of carbonyl (C=O) groups excluding carboxylic acids is 1. The van der Waals surface area contributed by atoms with Crippen LogP contribution in [-0.2, 0) is 10.2 Å². The molecule has 1 spiro atoms. The van der Waals surface area contributed by atoms with E-state index in [1.165, 1.54) is 4.57 Å². The first-order valence-corrected chi connectivity index (χ1v) is 11.6. The molecule has 2 aliphatic rings. The molecule has 0 unspecified atom stereocenters. The third-order valence-electron chi connectivity index (χ3n) is 6.78. The molecule has 1 saturated carbocycles. The van der Waals surface area contributed by atoms with Crippen molar-refractivity contribution in [2.45, 2.75) is 71.4 Å². The summed E-state index contributed by atoms with van der Waals surface area (Å²) in [5.74, 6) is 0.294. The highest BCUT2D eigenvalue weighted by molar-refractivity contribution is 5.71. The number of hydrogen-bond acceptors (Lipinski definition) is 4. The van der Waals surface area contributed by atoms with E-state index >= 15 is 0 Å². The minimum Gasteiger partial charge on any atom is -0.444 e. The summed E-state index contributed by atoms with van der Waals surface area (Å²) >= 11 is 0. The maximum atomic E-state index is 14.4. The van der Waals surface area contributed by atoms with Gasteiger partial charge in [-0.15, -0.1) is 0 Å². The fourth-order valence-electron chi connectivity index (χ4n) is 4.92. The molecule has 34 heavy (non-hydrogen) atoms. The lowest BCUT2D eigenvalue weighted by molar-refractivity contribution is 0.0126. The molecular weight excluding hydrogens is 437 g/mol. The fraction of sp³-hybridized carbons (Fsp3) is 0.480. The number of halogens is 1. The van der Waals surface area contributed by atoms with Gasteiger partial charge in [0.2, 0.25) is 0 Å². The summed E-state index contributed by atoms with van der Waals surface area (Å²) in [6.45, 7) is 11.4. The van der Waals surface area contributed by atoms with Crippen molar-refractivity contribution in [3.05, 3.63) is 63.2 Å². The molecule has 1 aliphatic carbocycles. The zero-order valence-electron chi connectivity index (χ0n) is 20.4. The van der Waals surface area contributed by atoms with Gasteiger partial charge in [-0.3, -0.25) is 4.57 Å². The molecule has 1 amide bonds. The summed E-state index contributed by atoms with van der Waals surface area (Å²) in [6.07, 6.45) is 4.63. The van der Waals surface area contributed by atoms with Gasteiger partial charge < -0.3 is 14.6 Å². The van der Waals surface area contributed by atoms with Crippen LogP contribution >= 0.6 is 0 Å². The van der Waals surface area contributed by atoms with E-state index in [0.29, 0.717) is 29.2 Å². The van der Waals surface area contributed by atoms with Crippen molar-refractivity contribution in [2.75, 3.05) is 6.54 Å². The second-order valence-electron chi connectivity index (χ2n) is 10.6. The first-order chi connectivity index (χ1) is 15.9. The molecule has 3 heterocycles. The van der Waals surface area contributed by atoms with E-state index in [0.717, 1.165) is 24.1 Å². The lowest BCUT2D eigenvalue weighted by Crippen LogP contribution is -2.46. The molecule has 0 saturated heterocycles. The van der Waals surface area contributed by atoms with E-state index < -0.39 is 5.60 Å². The van der Waals surface area contributed by atoms with Gasteiger partial charge in [0.05, 0.1) is 17.4 Å². The summed E-state index contributed by atoms with van der Waals surface area (Å²) in [6, 6.07) is 3.10. The summed E-state index contributed by atoms with van der Waals surface area (Å²) in [4.78, 5) is 30.4. The molecule has 5 rings (SSSR count). The number of rotatable bonds is 2. The predicted octanol–water partition coefficient (Wildman–Crippen LogP) is 4.45. The number of H-pyrrole nitrogens is 1. The van der Waals surface area contributed by atoms with Crippen LogP contribution in [0, 0.1) is 19.7 Å². The molecule has 9 heteroatoms. The van der Waals surface area contributed by atoms with Crippen LogP contribution in [-0.4, -0.2) is 42.5 Å². The quantitative estimate of drug-likeness (QED) is 0.603. The van der Waals surface area contributed by atoms with Crippen molar-refractivity contribution in [1.29, 1.82) is 0 Å². The van der Waals surface area contributed by atoms with E-state index in [1.807, 2.05) is 27.7 Å². The van der Waals surface area contributed by atoms with Crippen LogP contribution < -0.4 is 5.69 Å². The molecule has 8 nitrogen and oxygen atoms in total. The predicted molar refractivity (Wildman–Crippen MR) is 125 cm³/mol. The van der Waals surface area contributed by atoms with Crippen molar-refractivity contribution in [3.8, 4) is 11.5 Å². The topological polar surface area (TPSA) is 85.2 Å². The molecule has 180 valence electrons. The van der Waals surface area contributed by atoms with Gasteiger partial charge in [0.15, 0.2) is 0 Å². The molecule has 0 bridgehead atoms. The smallest absolute Gasteiger partial charge is 0.410 e. The number of aromatic amines is 1. The molecule has 1 aromatic carbocycles. The Bertz CT molecular complexity index is 1330. The Balaban J connectivity index is 1.74. The van der Waals surface area contributed by atoms with Crippen LogP contribution in [0.3, 0.4) is 0 Å². The van der Waals surface area contributed by atoms with E-state index in [4.69, 9.17) is 9.84 Å². The highest BCUT2D eigenvalue weighted by Crippen LogP contribution is 2.55. The largest absolute Gasteiger partial charge is 0.444 e. The molecule has 3 aromatic rings. The Morgan fingerprint density at radius 3 is 2.41 bits per heavy atom. The third kappa shape index (κ3) is 3.45.